The topological polar surface area (TPSA) is 86.6 Å². The lowest BCUT2D eigenvalue weighted by Crippen LogP contribution is -2.41. The number of aliphatic hydroxyl groups excluding tert-OH is 1. The van der Waals surface area contributed by atoms with E-state index in [-0.39, 0.29) is 24.9 Å². The molecule has 0 aromatic rings. The van der Waals surface area contributed by atoms with Crippen molar-refractivity contribution in [3.05, 3.63) is 0 Å². The monoisotopic (exact) mass is 231 g/mol. The van der Waals surface area contributed by atoms with Crippen LogP contribution >= 0.6 is 0 Å². The number of carbonyl (C=O) groups is 2. The third-order valence-electron chi connectivity index (χ3n) is 2.15. The average Bonchev–Trinajstić information content (AvgIpc) is 2.16. The zero-order valence-electron chi connectivity index (χ0n) is 9.90. The molecule has 0 aromatic heterocycles. The predicted molar refractivity (Wildman–Crippen MR) is 60.0 cm³/mol. The van der Waals surface area contributed by atoms with Gasteiger partial charge in [-0.25, -0.2) is 4.79 Å². The van der Waals surface area contributed by atoms with Crippen molar-refractivity contribution in [3.8, 4) is 0 Å². The lowest BCUT2D eigenvalue weighted by molar-refractivity contribution is -0.142. The predicted octanol–water partition coefficient (Wildman–Crippen LogP) is 0.764. The van der Waals surface area contributed by atoms with Gasteiger partial charge >= 0.3 is 5.97 Å². The molecule has 0 aliphatic rings. The van der Waals surface area contributed by atoms with E-state index in [1.54, 1.807) is 0 Å². The fraction of sp³-hybridized carbons (Fsp3) is 0.818. The summed E-state index contributed by atoms with van der Waals surface area (Å²) in [5.74, 6) is -1.04. The first-order valence-electron chi connectivity index (χ1n) is 5.60. The molecule has 0 aromatic carbocycles. The van der Waals surface area contributed by atoms with Gasteiger partial charge in [0.25, 0.3) is 0 Å². The Morgan fingerprint density at radius 1 is 1.25 bits per heavy atom. The van der Waals surface area contributed by atoms with Crippen LogP contribution in [0.5, 0.6) is 0 Å². The summed E-state index contributed by atoms with van der Waals surface area (Å²) in [5, 5.41) is 19.9. The smallest absolute Gasteiger partial charge is 0.326 e. The second kappa shape index (κ2) is 8.10. The van der Waals surface area contributed by atoms with Gasteiger partial charge in [-0.2, -0.15) is 0 Å². The van der Waals surface area contributed by atoms with E-state index in [2.05, 4.69) is 5.32 Å². The number of carboxylic acid groups (broad SMARTS) is 1. The maximum Gasteiger partial charge on any atom is 0.326 e. The third-order valence-corrected chi connectivity index (χ3v) is 2.15. The highest BCUT2D eigenvalue weighted by molar-refractivity contribution is 5.83. The zero-order valence-corrected chi connectivity index (χ0v) is 9.90. The number of rotatable bonds is 8. The summed E-state index contributed by atoms with van der Waals surface area (Å²) in [7, 11) is 0. The Morgan fingerprint density at radius 2 is 1.88 bits per heavy atom. The number of aliphatic hydroxyl groups is 1. The van der Waals surface area contributed by atoms with Gasteiger partial charge in [-0.15, -0.1) is 0 Å². The number of aliphatic carboxylic acids is 1. The molecule has 1 atom stereocenters. The van der Waals surface area contributed by atoms with E-state index in [9.17, 15) is 9.59 Å². The van der Waals surface area contributed by atoms with E-state index >= 15 is 0 Å². The van der Waals surface area contributed by atoms with Gasteiger partial charge in [-0.1, -0.05) is 13.8 Å². The van der Waals surface area contributed by atoms with Crippen LogP contribution in [0.15, 0.2) is 0 Å². The molecule has 0 fully saturated rings. The molecule has 0 saturated carbocycles. The highest BCUT2D eigenvalue weighted by atomic mass is 16.4. The van der Waals surface area contributed by atoms with E-state index in [0.29, 0.717) is 19.3 Å². The normalized spacial score (nSPS) is 12.5. The Morgan fingerprint density at radius 3 is 2.31 bits per heavy atom. The molecule has 0 rings (SSSR count). The van der Waals surface area contributed by atoms with Crippen LogP contribution in [0.25, 0.3) is 0 Å². The average molecular weight is 231 g/mol. The van der Waals surface area contributed by atoms with Gasteiger partial charge in [-0.3, -0.25) is 4.79 Å². The Bertz CT molecular complexity index is 228. The summed E-state index contributed by atoms with van der Waals surface area (Å²) >= 11 is 0. The number of amides is 1. The first kappa shape index (κ1) is 14.9. The number of nitrogens with one attached hydrogen (secondary N) is 1. The molecule has 1 amide bonds. The Hall–Kier alpha value is -1.10. The van der Waals surface area contributed by atoms with Gasteiger partial charge in [0.2, 0.25) is 5.91 Å². The fourth-order valence-corrected chi connectivity index (χ4v) is 1.36. The second-order valence-corrected chi connectivity index (χ2v) is 4.27. The number of carboxylic acids is 1. The molecule has 0 spiro atoms. The molecule has 94 valence electrons. The molecule has 16 heavy (non-hydrogen) atoms. The van der Waals surface area contributed by atoms with Crippen molar-refractivity contribution in [3.63, 3.8) is 0 Å². The first-order chi connectivity index (χ1) is 7.47. The quantitative estimate of drug-likeness (QED) is 0.538. The molecular formula is C11H21NO4. The minimum atomic E-state index is -0.996. The number of hydrogen-bond donors (Lipinski definition) is 3. The molecule has 0 heterocycles. The van der Waals surface area contributed by atoms with Crippen LogP contribution in [-0.2, 0) is 9.59 Å². The van der Waals surface area contributed by atoms with Crippen LogP contribution in [0.3, 0.4) is 0 Å². The van der Waals surface area contributed by atoms with Crippen LogP contribution in [0.1, 0.15) is 39.5 Å². The minimum Gasteiger partial charge on any atom is -0.480 e. The number of carbonyl (C=O) groups excluding carboxylic acids is 1. The minimum absolute atomic E-state index is 0.0572. The van der Waals surface area contributed by atoms with Gasteiger partial charge < -0.3 is 15.5 Å². The van der Waals surface area contributed by atoms with Gasteiger partial charge in [0.05, 0.1) is 0 Å². The maximum absolute atomic E-state index is 11.4. The summed E-state index contributed by atoms with van der Waals surface area (Å²) < 4.78 is 0. The number of hydrogen-bond acceptors (Lipinski definition) is 3. The molecule has 0 aliphatic carbocycles. The molecule has 1 unspecified atom stereocenters. The van der Waals surface area contributed by atoms with Crippen molar-refractivity contribution in [1.29, 1.82) is 0 Å². The van der Waals surface area contributed by atoms with Crippen molar-refractivity contribution in [2.45, 2.75) is 45.6 Å². The number of unbranched alkanes of at least 4 members (excludes halogenated alkanes) is 1. The Balaban J connectivity index is 3.98. The molecule has 5 nitrogen and oxygen atoms in total. The maximum atomic E-state index is 11.4. The summed E-state index contributed by atoms with van der Waals surface area (Å²) in [5.41, 5.74) is 0. The van der Waals surface area contributed by atoms with Crippen molar-refractivity contribution in [2.24, 2.45) is 5.92 Å². The van der Waals surface area contributed by atoms with E-state index in [0.717, 1.165) is 0 Å². The molecule has 0 saturated heterocycles. The lowest BCUT2D eigenvalue weighted by atomic mass is 10.0. The molecule has 5 heteroatoms. The lowest BCUT2D eigenvalue weighted by Gasteiger charge is -2.16. The van der Waals surface area contributed by atoms with E-state index in [4.69, 9.17) is 10.2 Å². The molecule has 3 N–H and O–H groups in total. The summed E-state index contributed by atoms with van der Waals surface area (Å²) in [6, 6.07) is -0.804. The van der Waals surface area contributed by atoms with Crippen LogP contribution < -0.4 is 5.32 Å². The van der Waals surface area contributed by atoms with Crippen LogP contribution in [0.2, 0.25) is 0 Å². The highest BCUT2D eigenvalue weighted by Crippen LogP contribution is 2.05. The summed E-state index contributed by atoms with van der Waals surface area (Å²) in [4.78, 5) is 22.2. The van der Waals surface area contributed by atoms with Gasteiger partial charge in [0, 0.05) is 13.0 Å². The third kappa shape index (κ3) is 7.23. The van der Waals surface area contributed by atoms with Crippen LogP contribution in [0.4, 0.5) is 0 Å². The van der Waals surface area contributed by atoms with Crippen LogP contribution in [0, 0.1) is 5.92 Å². The highest BCUT2D eigenvalue weighted by Gasteiger charge is 2.20. The van der Waals surface area contributed by atoms with E-state index in [1.807, 2.05) is 13.8 Å². The Kier molecular flexibility index (Phi) is 7.54. The van der Waals surface area contributed by atoms with E-state index in [1.165, 1.54) is 0 Å². The van der Waals surface area contributed by atoms with Crippen molar-refractivity contribution < 1.29 is 19.8 Å². The molecular weight excluding hydrogens is 210 g/mol. The van der Waals surface area contributed by atoms with Crippen molar-refractivity contribution in [1.82, 2.24) is 5.32 Å². The van der Waals surface area contributed by atoms with Crippen molar-refractivity contribution >= 4 is 11.9 Å². The fourth-order valence-electron chi connectivity index (χ4n) is 1.36. The van der Waals surface area contributed by atoms with Crippen molar-refractivity contribution in [2.75, 3.05) is 6.61 Å². The largest absolute Gasteiger partial charge is 0.480 e. The Labute approximate surface area is 95.9 Å². The summed E-state index contributed by atoms with van der Waals surface area (Å²) in [6.07, 6.45) is 1.84. The second-order valence-electron chi connectivity index (χ2n) is 4.27. The molecule has 0 aliphatic heterocycles. The SMILES string of the molecule is CC(C)CC(NC(=O)CCCCO)C(=O)O. The standard InChI is InChI=1S/C11H21NO4/c1-8(2)7-9(11(15)16)12-10(14)5-3-4-6-13/h8-9,13H,3-7H2,1-2H3,(H,12,14)(H,15,16). The van der Waals surface area contributed by atoms with Gasteiger partial charge in [0.1, 0.15) is 6.04 Å². The van der Waals surface area contributed by atoms with Gasteiger partial charge in [0.15, 0.2) is 0 Å². The van der Waals surface area contributed by atoms with Gasteiger partial charge in [-0.05, 0) is 25.2 Å². The first-order valence-corrected chi connectivity index (χ1v) is 5.60. The van der Waals surface area contributed by atoms with Crippen LogP contribution in [-0.4, -0.2) is 34.7 Å². The molecule has 0 bridgehead atoms. The van der Waals surface area contributed by atoms with E-state index < -0.39 is 12.0 Å². The zero-order chi connectivity index (χ0) is 12.6. The molecule has 0 radical (unpaired) electrons. The summed E-state index contributed by atoms with van der Waals surface area (Å²) in [6.45, 7) is 3.88.